The van der Waals surface area contributed by atoms with Crippen LogP contribution in [-0.4, -0.2) is 55.6 Å². The molecule has 2 heterocycles. The second kappa shape index (κ2) is 8.21. The van der Waals surface area contributed by atoms with Crippen LogP contribution in [0.2, 0.25) is 0 Å². The van der Waals surface area contributed by atoms with Crippen molar-refractivity contribution in [2.75, 3.05) is 32.3 Å². The first-order chi connectivity index (χ1) is 10.2. The molecule has 1 aromatic heterocycles. The molecule has 116 valence electrons. The summed E-state index contributed by atoms with van der Waals surface area (Å²) in [5, 5.41) is 2.75. The number of pyridine rings is 1. The van der Waals surface area contributed by atoms with Crippen LogP contribution in [0.15, 0.2) is 18.3 Å². The minimum Gasteiger partial charge on any atom is -0.473 e. The Morgan fingerprint density at radius 1 is 1.52 bits per heavy atom. The van der Waals surface area contributed by atoms with Gasteiger partial charge in [0, 0.05) is 26.2 Å². The van der Waals surface area contributed by atoms with Gasteiger partial charge in [0.2, 0.25) is 5.88 Å². The van der Waals surface area contributed by atoms with Crippen molar-refractivity contribution in [1.82, 2.24) is 10.3 Å². The highest BCUT2D eigenvalue weighted by Crippen LogP contribution is 2.24. The Morgan fingerprint density at radius 3 is 3.00 bits per heavy atom. The number of carbonyl (C=O) groups excluding carboxylic acids is 1. The number of ether oxygens (including phenoxy) is 3. The smallest absolute Gasteiger partial charge is 0.256 e. The molecule has 1 unspecified atom stereocenters. The van der Waals surface area contributed by atoms with E-state index >= 15 is 0 Å². The summed E-state index contributed by atoms with van der Waals surface area (Å²) < 4.78 is 15.9. The molecule has 0 spiro atoms. The van der Waals surface area contributed by atoms with Gasteiger partial charge in [0.15, 0.2) is 6.29 Å². The third-order valence-corrected chi connectivity index (χ3v) is 4.27. The Labute approximate surface area is 128 Å². The quantitative estimate of drug-likeness (QED) is 0.766. The van der Waals surface area contributed by atoms with Crippen molar-refractivity contribution in [1.29, 1.82) is 0 Å². The summed E-state index contributed by atoms with van der Waals surface area (Å²) in [6.07, 6.45) is 2.27. The average molecular weight is 312 g/mol. The van der Waals surface area contributed by atoms with Crippen molar-refractivity contribution in [3.05, 3.63) is 23.9 Å². The maximum absolute atomic E-state index is 12.2. The molecule has 1 atom stereocenters. The molecule has 21 heavy (non-hydrogen) atoms. The van der Waals surface area contributed by atoms with Crippen molar-refractivity contribution in [3.8, 4) is 5.88 Å². The predicted octanol–water partition coefficient (Wildman–Crippen LogP) is 1.31. The maximum atomic E-state index is 12.2. The van der Waals surface area contributed by atoms with Gasteiger partial charge in [-0.05, 0) is 24.3 Å². The molecule has 0 saturated carbocycles. The second-order valence-corrected chi connectivity index (χ2v) is 5.72. The molecule has 2 rings (SSSR count). The zero-order valence-electron chi connectivity index (χ0n) is 12.2. The lowest BCUT2D eigenvalue weighted by atomic mass is 10.2. The van der Waals surface area contributed by atoms with E-state index in [4.69, 9.17) is 14.2 Å². The summed E-state index contributed by atoms with van der Waals surface area (Å²) in [6.45, 7) is 0.263. The molecule has 0 radical (unpaired) electrons. The predicted molar refractivity (Wildman–Crippen MR) is 80.7 cm³/mol. The molecule has 0 aromatic carbocycles. The van der Waals surface area contributed by atoms with E-state index in [0.29, 0.717) is 11.4 Å². The number of carbonyl (C=O) groups is 1. The van der Waals surface area contributed by atoms with Crippen LogP contribution < -0.4 is 10.1 Å². The zero-order valence-corrected chi connectivity index (χ0v) is 13.0. The van der Waals surface area contributed by atoms with Crippen molar-refractivity contribution in [3.63, 3.8) is 0 Å². The standard InChI is InChI=1S/C14H20N2O4S/c1-18-12(19-2)8-16-13(17)11-4-3-6-15-14(11)20-10-5-7-21-9-10/h3-4,6,10,12H,5,7-9H2,1-2H3,(H,16,17). The maximum Gasteiger partial charge on any atom is 0.256 e. The summed E-state index contributed by atoms with van der Waals surface area (Å²) in [5.41, 5.74) is 0.431. The van der Waals surface area contributed by atoms with Crippen LogP contribution in [0, 0.1) is 0 Å². The number of nitrogens with one attached hydrogen (secondary N) is 1. The molecule has 1 aliphatic heterocycles. The van der Waals surface area contributed by atoms with Gasteiger partial charge in [0.25, 0.3) is 5.91 Å². The SMILES string of the molecule is COC(CNC(=O)c1cccnc1OC1CCSC1)OC. The average Bonchev–Trinajstić information content (AvgIpc) is 3.01. The number of rotatable bonds is 7. The molecule has 0 bridgehead atoms. The number of hydrogen-bond acceptors (Lipinski definition) is 6. The fourth-order valence-corrected chi connectivity index (χ4v) is 3.05. The normalized spacial score (nSPS) is 18.0. The van der Waals surface area contributed by atoms with Gasteiger partial charge in [-0.15, -0.1) is 0 Å². The van der Waals surface area contributed by atoms with Gasteiger partial charge in [0.05, 0.1) is 6.54 Å². The molecule has 1 aromatic rings. The largest absolute Gasteiger partial charge is 0.473 e. The monoisotopic (exact) mass is 312 g/mol. The Bertz CT molecular complexity index is 462. The summed E-state index contributed by atoms with van der Waals surface area (Å²) in [7, 11) is 3.05. The van der Waals surface area contributed by atoms with E-state index < -0.39 is 6.29 Å². The minimum atomic E-state index is -0.471. The number of nitrogens with zero attached hydrogens (tertiary/aromatic N) is 1. The highest BCUT2D eigenvalue weighted by Gasteiger charge is 2.21. The van der Waals surface area contributed by atoms with Crippen LogP contribution >= 0.6 is 11.8 Å². The first-order valence-corrected chi connectivity index (χ1v) is 7.93. The highest BCUT2D eigenvalue weighted by atomic mass is 32.2. The Hall–Kier alpha value is -1.31. The molecule has 0 aliphatic carbocycles. The third-order valence-electron chi connectivity index (χ3n) is 3.14. The van der Waals surface area contributed by atoms with E-state index in [9.17, 15) is 4.79 Å². The molecule has 7 heteroatoms. The topological polar surface area (TPSA) is 69.7 Å². The van der Waals surface area contributed by atoms with Gasteiger partial charge in [-0.25, -0.2) is 4.98 Å². The van der Waals surface area contributed by atoms with Gasteiger partial charge in [-0.3, -0.25) is 4.79 Å². The van der Waals surface area contributed by atoms with E-state index in [1.807, 2.05) is 11.8 Å². The van der Waals surface area contributed by atoms with E-state index in [0.717, 1.165) is 17.9 Å². The number of thioether (sulfide) groups is 1. The Balaban J connectivity index is 1.99. The third kappa shape index (κ3) is 4.59. The van der Waals surface area contributed by atoms with E-state index in [1.165, 1.54) is 14.2 Å². The van der Waals surface area contributed by atoms with Crippen molar-refractivity contribution in [2.24, 2.45) is 0 Å². The summed E-state index contributed by atoms with van der Waals surface area (Å²) in [4.78, 5) is 16.4. The minimum absolute atomic E-state index is 0.127. The van der Waals surface area contributed by atoms with Crippen LogP contribution in [0.3, 0.4) is 0 Å². The molecular formula is C14H20N2O4S. The highest BCUT2D eigenvalue weighted by molar-refractivity contribution is 7.99. The Kier molecular flexibility index (Phi) is 6.28. The lowest BCUT2D eigenvalue weighted by molar-refractivity contribution is -0.0974. The van der Waals surface area contributed by atoms with Crippen LogP contribution in [-0.2, 0) is 9.47 Å². The van der Waals surface area contributed by atoms with Gasteiger partial charge in [0.1, 0.15) is 11.7 Å². The van der Waals surface area contributed by atoms with Gasteiger partial charge in [-0.2, -0.15) is 11.8 Å². The van der Waals surface area contributed by atoms with Gasteiger partial charge >= 0.3 is 0 Å². The van der Waals surface area contributed by atoms with Gasteiger partial charge < -0.3 is 19.5 Å². The lowest BCUT2D eigenvalue weighted by Crippen LogP contribution is -2.34. The molecule has 1 amide bonds. The molecule has 6 nitrogen and oxygen atoms in total. The number of methoxy groups -OCH3 is 2. The van der Waals surface area contributed by atoms with Crippen LogP contribution in [0.1, 0.15) is 16.8 Å². The second-order valence-electron chi connectivity index (χ2n) is 4.57. The Morgan fingerprint density at radius 2 is 2.33 bits per heavy atom. The summed E-state index contributed by atoms with van der Waals surface area (Å²) in [5.74, 6) is 2.16. The van der Waals surface area contributed by atoms with E-state index in [1.54, 1.807) is 18.3 Å². The fraction of sp³-hybridized carbons (Fsp3) is 0.571. The van der Waals surface area contributed by atoms with Crippen molar-refractivity contribution in [2.45, 2.75) is 18.8 Å². The zero-order chi connectivity index (χ0) is 15.1. The molecule has 1 saturated heterocycles. The van der Waals surface area contributed by atoms with Crippen LogP contribution in [0.25, 0.3) is 0 Å². The summed E-state index contributed by atoms with van der Waals surface area (Å²) >= 11 is 1.85. The van der Waals surface area contributed by atoms with Crippen LogP contribution in [0.5, 0.6) is 5.88 Å². The van der Waals surface area contributed by atoms with Crippen LogP contribution in [0.4, 0.5) is 0 Å². The van der Waals surface area contributed by atoms with Crippen molar-refractivity contribution < 1.29 is 19.0 Å². The molecule has 1 aliphatic rings. The van der Waals surface area contributed by atoms with E-state index in [2.05, 4.69) is 10.3 Å². The first kappa shape index (κ1) is 16.1. The van der Waals surface area contributed by atoms with Crippen molar-refractivity contribution >= 4 is 17.7 Å². The summed E-state index contributed by atoms with van der Waals surface area (Å²) in [6, 6.07) is 3.42. The molecule has 1 N–H and O–H groups in total. The lowest BCUT2D eigenvalue weighted by Gasteiger charge is -2.16. The fourth-order valence-electron chi connectivity index (χ4n) is 1.96. The van der Waals surface area contributed by atoms with Gasteiger partial charge in [-0.1, -0.05) is 0 Å². The number of aromatic nitrogens is 1. The number of hydrogen-bond donors (Lipinski definition) is 1. The molecule has 1 fully saturated rings. The van der Waals surface area contributed by atoms with E-state index in [-0.39, 0.29) is 18.6 Å². The number of amides is 1. The first-order valence-electron chi connectivity index (χ1n) is 6.77. The molecular weight excluding hydrogens is 292 g/mol.